The molecule has 0 aliphatic carbocycles. The normalized spacial score (nSPS) is 12.3. The maximum Gasteiger partial charge on any atom is 0.325 e. The van der Waals surface area contributed by atoms with Gasteiger partial charge in [0.05, 0.1) is 7.11 Å². The largest absolute Gasteiger partial charge is 0.496 e. The summed E-state index contributed by atoms with van der Waals surface area (Å²) in [5, 5.41) is 8.82. The number of hydrogen-bond donors (Lipinski definition) is 2. The smallest absolute Gasteiger partial charge is 0.325 e. The van der Waals surface area contributed by atoms with Crippen molar-refractivity contribution in [3.8, 4) is 5.75 Å². The minimum atomic E-state index is -1.08. The van der Waals surface area contributed by atoms with Crippen LogP contribution in [0.2, 0.25) is 0 Å². The SMILES string of the molecule is COc1cc(C)c(Br)cc1C(N)C(=O)O. The van der Waals surface area contributed by atoms with Crippen LogP contribution in [0.25, 0.3) is 0 Å². The lowest BCUT2D eigenvalue weighted by Gasteiger charge is -2.13. The highest BCUT2D eigenvalue weighted by atomic mass is 79.9. The van der Waals surface area contributed by atoms with Gasteiger partial charge in [-0.2, -0.15) is 0 Å². The van der Waals surface area contributed by atoms with Crippen LogP contribution in [0.15, 0.2) is 16.6 Å². The number of aryl methyl sites for hydroxylation is 1. The highest BCUT2D eigenvalue weighted by Gasteiger charge is 2.19. The second kappa shape index (κ2) is 4.63. The van der Waals surface area contributed by atoms with Crippen LogP contribution < -0.4 is 10.5 Å². The van der Waals surface area contributed by atoms with Crippen molar-refractivity contribution in [2.75, 3.05) is 7.11 Å². The molecule has 1 aromatic rings. The number of carboxylic acid groups (broad SMARTS) is 1. The van der Waals surface area contributed by atoms with Gasteiger partial charge in [-0.15, -0.1) is 0 Å². The predicted molar refractivity (Wildman–Crippen MR) is 60.0 cm³/mol. The molecule has 0 aliphatic heterocycles. The van der Waals surface area contributed by atoms with E-state index in [2.05, 4.69) is 15.9 Å². The number of carboxylic acids is 1. The van der Waals surface area contributed by atoms with Gasteiger partial charge >= 0.3 is 5.97 Å². The van der Waals surface area contributed by atoms with E-state index >= 15 is 0 Å². The minimum absolute atomic E-state index is 0.461. The summed E-state index contributed by atoms with van der Waals surface area (Å²) >= 11 is 3.32. The van der Waals surface area contributed by atoms with Crippen LogP contribution in [0, 0.1) is 6.92 Å². The fourth-order valence-corrected chi connectivity index (χ4v) is 1.58. The molecule has 0 bridgehead atoms. The van der Waals surface area contributed by atoms with Gasteiger partial charge in [-0.1, -0.05) is 15.9 Å². The molecule has 1 rings (SSSR count). The van der Waals surface area contributed by atoms with E-state index in [0.29, 0.717) is 11.3 Å². The van der Waals surface area contributed by atoms with Gasteiger partial charge in [0.1, 0.15) is 11.8 Å². The molecule has 4 nitrogen and oxygen atoms in total. The maximum atomic E-state index is 10.8. The first-order valence-electron chi connectivity index (χ1n) is 4.29. The molecule has 1 atom stereocenters. The standard InChI is InChI=1S/C10H12BrNO3/c1-5-3-8(15-2)6(4-7(5)11)9(12)10(13)14/h3-4,9H,12H2,1-2H3,(H,13,14). The Labute approximate surface area is 96.2 Å². The zero-order chi connectivity index (χ0) is 11.6. The van der Waals surface area contributed by atoms with Crippen molar-refractivity contribution in [3.05, 3.63) is 27.7 Å². The van der Waals surface area contributed by atoms with Crippen LogP contribution in [-0.2, 0) is 4.79 Å². The fourth-order valence-electron chi connectivity index (χ4n) is 1.22. The predicted octanol–water partition coefficient (Wildman–Crippen LogP) is 1.85. The molecule has 0 amide bonds. The lowest BCUT2D eigenvalue weighted by molar-refractivity contribution is -0.138. The summed E-state index contributed by atoms with van der Waals surface area (Å²) in [4.78, 5) is 10.8. The van der Waals surface area contributed by atoms with Crippen LogP contribution in [0.1, 0.15) is 17.2 Å². The molecule has 0 fully saturated rings. The lowest BCUT2D eigenvalue weighted by atomic mass is 10.0. The quantitative estimate of drug-likeness (QED) is 0.882. The van der Waals surface area contributed by atoms with Gasteiger partial charge in [0.15, 0.2) is 0 Å². The van der Waals surface area contributed by atoms with Crippen LogP contribution in [-0.4, -0.2) is 18.2 Å². The van der Waals surface area contributed by atoms with E-state index in [1.807, 2.05) is 6.92 Å². The molecule has 82 valence electrons. The van der Waals surface area contributed by atoms with E-state index in [0.717, 1.165) is 10.0 Å². The van der Waals surface area contributed by atoms with E-state index in [1.54, 1.807) is 12.1 Å². The van der Waals surface area contributed by atoms with Crippen molar-refractivity contribution < 1.29 is 14.6 Å². The summed E-state index contributed by atoms with van der Waals surface area (Å²) in [5.74, 6) is -0.588. The fraction of sp³-hybridized carbons (Fsp3) is 0.300. The number of carbonyl (C=O) groups is 1. The summed E-state index contributed by atoms with van der Waals surface area (Å²) in [5.41, 5.74) is 6.96. The zero-order valence-corrected chi connectivity index (χ0v) is 10.0. The summed E-state index contributed by atoms with van der Waals surface area (Å²) in [6.07, 6.45) is 0. The van der Waals surface area contributed by atoms with E-state index in [4.69, 9.17) is 15.6 Å². The molecule has 1 unspecified atom stereocenters. The molecule has 3 N–H and O–H groups in total. The molecule has 0 aromatic heterocycles. The van der Waals surface area contributed by atoms with Gasteiger partial charge in [-0.3, -0.25) is 4.79 Å². The van der Waals surface area contributed by atoms with Crippen molar-refractivity contribution >= 4 is 21.9 Å². The van der Waals surface area contributed by atoms with E-state index < -0.39 is 12.0 Å². The number of ether oxygens (including phenoxy) is 1. The monoisotopic (exact) mass is 273 g/mol. The van der Waals surface area contributed by atoms with Crippen molar-refractivity contribution in [2.45, 2.75) is 13.0 Å². The molecule has 5 heteroatoms. The van der Waals surface area contributed by atoms with E-state index in [9.17, 15) is 4.79 Å². The van der Waals surface area contributed by atoms with Crippen molar-refractivity contribution in [2.24, 2.45) is 5.73 Å². The average Bonchev–Trinajstić information content (AvgIpc) is 2.20. The molecule has 0 aliphatic rings. The number of hydrogen-bond acceptors (Lipinski definition) is 3. The van der Waals surface area contributed by atoms with Crippen LogP contribution in [0.4, 0.5) is 0 Å². The molecule has 0 saturated heterocycles. The third-order valence-corrected chi connectivity index (χ3v) is 2.97. The Morgan fingerprint density at radius 2 is 2.20 bits per heavy atom. The third kappa shape index (κ3) is 2.49. The summed E-state index contributed by atoms with van der Waals surface area (Å²) < 4.78 is 5.90. The first-order valence-corrected chi connectivity index (χ1v) is 5.09. The van der Waals surface area contributed by atoms with E-state index in [-0.39, 0.29) is 0 Å². The topological polar surface area (TPSA) is 72.5 Å². The van der Waals surface area contributed by atoms with Crippen LogP contribution in [0.3, 0.4) is 0 Å². The number of rotatable bonds is 3. The lowest BCUT2D eigenvalue weighted by Crippen LogP contribution is -2.21. The minimum Gasteiger partial charge on any atom is -0.496 e. The summed E-state index contributed by atoms with van der Waals surface area (Å²) in [6, 6.07) is 2.35. The number of benzene rings is 1. The Morgan fingerprint density at radius 3 is 2.67 bits per heavy atom. The Kier molecular flexibility index (Phi) is 3.71. The first-order chi connectivity index (χ1) is 6.97. The summed E-state index contributed by atoms with van der Waals surface area (Å²) in [7, 11) is 1.49. The molecular weight excluding hydrogens is 262 g/mol. The molecule has 0 radical (unpaired) electrons. The maximum absolute atomic E-state index is 10.8. The Morgan fingerprint density at radius 1 is 1.60 bits per heavy atom. The number of aliphatic carboxylic acids is 1. The Bertz CT molecular complexity index is 392. The number of halogens is 1. The highest BCUT2D eigenvalue weighted by molar-refractivity contribution is 9.10. The molecule has 0 saturated carbocycles. The van der Waals surface area contributed by atoms with Gasteiger partial charge in [0.25, 0.3) is 0 Å². The van der Waals surface area contributed by atoms with Crippen molar-refractivity contribution in [3.63, 3.8) is 0 Å². The zero-order valence-electron chi connectivity index (χ0n) is 8.45. The molecule has 15 heavy (non-hydrogen) atoms. The van der Waals surface area contributed by atoms with Gasteiger partial charge in [-0.05, 0) is 24.6 Å². The van der Waals surface area contributed by atoms with Gasteiger partial charge in [-0.25, -0.2) is 0 Å². The van der Waals surface area contributed by atoms with E-state index in [1.165, 1.54) is 7.11 Å². The molecule has 1 aromatic carbocycles. The van der Waals surface area contributed by atoms with Crippen LogP contribution >= 0.6 is 15.9 Å². The van der Waals surface area contributed by atoms with Gasteiger partial charge in [0, 0.05) is 10.0 Å². The third-order valence-electron chi connectivity index (χ3n) is 2.11. The second-order valence-electron chi connectivity index (χ2n) is 3.16. The molecule has 0 spiro atoms. The molecular formula is C10H12BrNO3. The van der Waals surface area contributed by atoms with Gasteiger partial charge in [0.2, 0.25) is 0 Å². The van der Waals surface area contributed by atoms with Crippen molar-refractivity contribution in [1.82, 2.24) is 0 Å². The van der Waals surface area contributed by atoms with Gasteiger partial charge < -0.3 is 15.6 Å². The highest BCUT2D eigenvalue weighted by Crippen LogP contribution is 2.30. The number of nitrogens with two attached hydrogens (primary N) is 1. The summed E-state index contributed by atoms with van der Waals surface area (Å²) in [6.45, 7) is 1.89. The number of methoxy groups -OCH3 is 1. The Balaban J connectivity index is 3.27. The van der Waals surface area contributed by atoms with Crippen LogP contribution in [0.5, 0.6) is 5.75 Å². The second-order valence-corrected chi connectivity index (χ2v) is 4.01. The average molecular weight is 274 g/mol. The first kappa shape index (κ1) is 12.0. The van der Waals surface area contributed by atoms with Crippen molar-refractivity contribution in [1.29, 1.82) is 0 Å². The Hall–Kier alpha value is -1.07. The molecule has 0 heterocycles.